The van der Waals surface area contributed by atoms with Crippen LogP contribution in [0.4, 0.5) is 0 Å². The standard InChI is InChI=1S/C11H14N2O2/c1-13(2)11(14)10(12-15-3)9-7-5-4-6-8-9/h4-8H,1-3H3. The van der Waals surface area contributed by atoms with Crippen LogP contribution >= 0.6 is 0 Å². The van der Waals surface area contributed by atoms with Gasteiger partial charge in [-0.05, 0) is 0 Å². The summed E-state index contributed by atoms with van der Waals surface area (Å²) in [5.41, 5.74) is 1.06. The van der Waals surface area contributed by atoms with Gasteiger partial charge in [0.05, 0.1) is 0 Å². The highest BCUT2D eigenvalue weighted by Gasteiger charge is 2.16. The van der Waals surface area contributed by atoms with Crippen molar-refractivity contribution in [2.75, 3.05) is 21.2 Å². The molecule has 0 saturated carbocycles. The van der Waals surface area contributed by atoms with Crippen molar-refractivity contribution in [2.45, 2.75) is 0 Å². The largest absolute Gasteiger partial charge is 0.398 e. The Morgan fingerprint density at radius 2 is 1.87 bits per heavy atom. The van der Waals surface area contributed by atoms with Gasteiger partial charge in [0.1, 0.15) is 7.11 Å². The lowest BCUT2D eigenvalue weighted by molar-refractivity contribution is -0.121. The number of carbonyl (C=O) groups is 1. The maximum Gasteiger partial charge on any atom is 0.276 e. The topological polar surface area (TPSA) is 41.9 Å². The molecule has 0 aliphatic heterocycles. The van der Waals surface area contributed by atoms with Gasteiger partial charge in [-0.3, -0.25) is 4.79 Å². The van der Waals surface area contributed by atoms with Crippen molar-refractivity contribution in [1.82, 2.24) is 4.90 Å². The molecule has 1 aromatic rings. The summed E-state index contributed by atoms with van der Waals surface area (Å²) in [6, 6.07) is 9.22. The van der Waals surface area contributed by atoms with Crippen molar-refractivity contribution < 1.29 is 9.63 Å². The molecule has 4 heteroatoms. The normalized spacial score (nSPS) is 11.0. The molecular formula is C11H14N2O2. The molecule has 0 heterocycles. The monoisotopic (exact) mass is 206 g/mol. The van der Waals surface area contributed by atoms with Crippen LogP contribution in [-0.2, 0) is 9.63 Å². The minimum atomic E-state index is -0.178. The van der Waals surface area contributed by atoms with Crippen molar-refractivity contribution in [3.05, 3.63) is 35.9 Å². The van der Waals surface area contributed by atoms with Crippen LogP contribution in [0.25, 0.3) is 0 Å². The first-order valence-corrected chi connectivity index (χ1v) is 4.55. The van der Waals surface area contributed by atoms with Crippen molar-refractivity contribution in [3.63, 3.8) is 0 Å². The Hall–Kier alpha value is -1.84. The van der Waals surface area contributed by atoms with Crippen LogP contribution in [0.2, 0.25) is 0 Å². The summed E-state index contributed by atoms with van der Waals surface area (Å²) in [5, 5.41) is 3.74. The van der Waals surface area contributed by atoms with E-state index in [1.54, 1.807) is 14.1 Å². The number of nitrogens with zero attached hydrogens (tertiary/aromatic N) is 2. The molecule has 4 nitrogen and oxygen atoms in total. The number of hydrogen-bond donors (Lipinski definition) is 0. The molecule has 0 fully saturated rings. The molecule has 80 valence electrons. The Labute approximate surface area is 89.1 Å². The van der Waals surface area contributed by atoms with E-state index in [2.05, 4.69) is 9.99 Å². The summed E-state index contributed by atoms with van der Waals surface area (Å²) in [6.45, 7) is 0. The zero-order chi connectivity index (χ0) is 11.3. The van der Waals surface area contributed by atoms with Crippen molar-refractivity contribution in [3.8, 4) is 0 Å². The predicted molar refractivity (Wildman–Crippen MR) is 58.7 cm³/mol. The van der Waals surface area contributed by atoms with Gasteiger partial charge in [-0.25, -0.2) is 0 Å². The number of oxime groups is 1. The fraction of sp³-hybridized carbons (Fsp3) is 0.273. The Morgan fingerprint density at radius 1 is 1.27 bits per heavy atom. The molecule has 15 heavy (non-hydrogen) atoms. The molecule has 0 bridgehead atoms. The van der Waals surface area contributed by atoms with Crippen LogP contribution in [0.1, 0.15) is 5.56 Å². The maximum absolute atomic E-state index is 11.7. The molecule has 1 rings (SSSR count). The molecule has 0 saturated heterocycles. The lowest BCUT2D eigenvalue weighted by Crippen LogP contribution is -2.30. The van der Waals surface area contributed by atoms with E-state index in [9.17, 15) is 4.79 Å². The molecule has 0 aliphatic carbocycles. The maximum atomic E-state index is 11.7. The van der Waals surface area contributed by atoms with Crippen LogP contribution in [-0.4, -0.2) is 37.7 Å². The first-order chi connectivity index (χ1) is 7.16. The molecule has 1 amide bonds. The Kier molecular flexibility index (Phi) is 3.85. The lowest BCUT2D eigenvalue weighted by Gasteiger charge is -2.11. The lowest BCUT2D eigenvalue weighted by atomic mass is 10.1. The van der Waals surface area contributed by atoms with Gasteiger partial charge in [-0.2, -0.15) is 0 Å². The molecule has 0 aromatic heterocycles. The third-order valence-corrected chi connectivity index (χ3v) is 1.84. The van der Waals surface area contributed by atoms with Gasteiger partial charge >= 0.3 is 0 Å². The summed E-state index contributed by atoms with van der Waals surface area (Å²) in [4.78, 5) is 17.9. The predicted octanol–water partition coefficient (Wildman–Crippen LogP) is 1.13. The van der Waals surface area contributed by atoms with E-state index in [-0.39, 0.29) is 5.91 Å². The number of likely N-dealkylation sites (N-methyl/N-ethyl adjacent to an activating group) is 1. The minimum absolute atomic E-state index is 0.178. The molecule has 0 unspecified atom stereocenters. The van der Waals surface area contributed by atoms with Crippen molar-refractivity contribution >= 4 is 11.6 Å². The fourth-order valence-corrected chi connectivity index (χ4v) is 1.11. The van der Waals surface area contributed by atoms with E-state index < -0.39 is 0 Å². The van der Waals surface area contributed by atoms with Gasteiger partial charge in [0.25, 0.3) is 5.91 Å². The second-order valence-corrected chi connectivity index (χ2v) is 3.19. The molecule has 0 radical (unpaired) electrons. The van der Waals surface area contributed by atoms with E-state index in [1.165, 1.54) is 12.0 Å². The number of rotatable bonds is 3. The summed E-state index contributed by atoms with van der Waals surface area (Å²) >= 11 is 0. The van der Waals surface area contributed by atoms with Crippen LogP contribution in [0.15, 0.2) is 35.5 Å². The van der Waals surface area contributed by atoms with Crippen molar-refractivity contribution in [1.29, 1.82) is 0 Å². The van der Waals surface area contributed by atoms with Crippen molar-refractivity contribution in [2.24, 2.45) is 5.16 Å². The van der Waals surface area contributed by atoms with Gasteiger partial charge < -0.3 is 9.74 Å². The van der Waals surface area contributed by atoms with Crippen LogP contribution in [0.5, 0.6) is 0 Å². The highest BCUT2D eigenvalue weighted by Crippen LogP contribution is 2.03. The van der Waals surface area contributed by atoms with E-state index >= 15 is 0 Å². The average molecular weight is 206 g/mol. The minimum Gasteiger partial charge on any atom is -0.398 e. The fourth-order valence-electron chi connectivity index (χ4n) is 1.11. The van der Waals surface area contributed by atoms with Gasteiger partial charge in [0, 0.05) is 19.7 Å². The highest BCUT2D eigenvalue weighted by molar-refractivity contribution is 6.45. The Morgan fingerprint density at radius 3 is 2.33 bits per heavy atom. The summed E-state index contributed by atoms with van der Waals surface area (Å²) < 4.78 is 0. The van der Waals surface area contributed by atoms with E-state index in [4.69, 9.17) is 0 Å². The third-order valence-electron chi connectivity index (χ3n) is 1.84. The van der Waals surface area contributed by atoms with Gasteiger partial charge in [-0.1, -0.05) is 35.5 Å². The first-order valence-electron chi connectivity index (χ1n) is 4.55. The third kappa shape index (κ3) is 2.80. The second kappa shape index (κ2) is 5.14. The van der Waals surface area contributed by atoms with Crippen LogP contribution < -0.4 is 0 Å². The van der Waals surface area contributed by atoms with E-state index in [1.807, 2.05) is 30.3 Å². The summed E-state index contributed by atoms with van der Waals surface area (Å²) in [5.74, 6) is -0.178. The second-order valence-electron chi connectivity index (χ2n) is 3.19. The molecule has 0 atom stereocenters. The SMILES string of the molecule is CON=C(C(=O)N(C)C)c1ccccc1. The first kappa shape index (κ1) is 11.2. The highest BCUT2D eigenvalue weighted by atomic mass is 16.6. The number of amides is 1. The number of hydrogen-bond acceptors (Lipinski definition) is 3. The van der Waals surface area contributed by atoms with Crippen LogP contribution in [0.3, 0.4) is 0 Å². The van der Waals surface area contributed by atoms with Gasteiger partial charge in [0.2, 0.25) is 0 Å². The molecule has 0 spiro atoms. The zero-order valence-electron chi connectivity index (χ0n) is 9.10. The smallest absolute Gasteiger partial charge is 0.276 e. The molecule has 1 aromatic carbocycles. The van der Waals surface area contributed by atoms with Gasteiger partial charge in [0.15, 0.2) is 5.71 Å². The molecular weight excluding hydrogens is 192 g/mol. The van der Waals surface area contributed by atoms with Gasteiger partial charge in [-0.15, -0.1) is 0 Å². The summed E-state index contributed by atoms with van der Waals surface area (Å²) in [6.07, 6.45) is 0. The Balaban J connectivity index is 3.05. The summed E-state index contributed by atoms with van der Waals surface area (Å²) in [7, 11) is 4.78. The quantitative estimate of drug-likeness (QED) is 0.549. The Bertz CT molecular complexity index is 358. The number of carbonyl (C=O) groups excluding carboxylic acids is 1. The van der Waals surface area contributed by atoms with E-state index in [0.717, 1.165) is 5.56 Å². The zero-order valence-corrected chi connectivity index (χ0v) is 9.10. The van der Waals surface area contributed by atoms with Crippen LogP contribution in [0, 0.1) is 0 Å². The average Bonchev–Trinajstić information content (AvgIpc) is 2.26. The molecule has 0 N–H and O–H groups in total. The van der Waals surface area contributed by atoms with E-state index in [0.29, 0.717) is 5.71 Å². The molecule has 0 aliphatic rings. The number of benzene rings is 1.